The van der Waals surface area contributed by atoms with E-state index in [4.69, 9.17) is 10.2 Å². The van der Waals surface area contributed by atoms with Gasteiger partial charge in [0, 0.05) is 0 Å². The molecule has 4 nitrogen and oxygen atoms in total. The van der Waals surface area contributed by atoms with E-state index in [0.717, 1.165) is 19.3 Å². The molecule has 0 saturated carbocycles. The van der Waals surface area contributed by atoms with Crippen molar-refractivity contribution in [2.24, 2.45) is 5.41 Å². The maximum Gasteiger partial charge on any atom is 0.313 e. The molecule has 24 heavy (non-hydrogen) atoms. The second-order valence-corrected chi connectivity index (χ2v) is 7.02. The third-order valence-corrected chi connectivity index (χ3v) is 4.47. The van der Waals surface area contributed by atoms with Crippen molar-refractivity contribution in [2.45, 2.75) is 97.3 Å². The Balaban J connectivity index is 3.64. The molecule has 0 saturated heterocycles. The lowest BCUT2D eigenvalue weighted by atomic mass is 9.86. The molecule has 0 aliphatic rings. The highest BCUT2D eigenvalue weighted by molar-refractivity contribution is 5.82. The summed E-state index contributed by atoms with van der Waals surface area (Å²) < 4.78 is 0. The molecule has 0 aromatic carbocycles. The molecule has 0 amide bonds. The summed E-state index contributed by atoms with van der Waals surface area (Å²) >= 11 is 0. The van der Waals surface area contributed by atoms with Gasteiger partial charge in [0.25, 0.3) is 0 Å². The molecule has 0 rings (SSSR count). The monoisotopic (exact) mass is 340 g/mol. The van der Waals surface area contributed by atoms with Crippen LogP contribution in [-0.2, 0) is 9.59 Å². The second kappa shape index (κ2) is 14.1. The molecule has 4 heteroatoms. The van der Waals surface area contributed by atoms with Crippen molar-refractivity contribution in [1.29, 1.82) is 0 Å². The average molecular weight is 341 g/mol. The van der Waals surface area contributed by atoms with E-state index in [-0.39, 0.29) is 6.42 Å². The zero-order valence-corrected chi connectivity index (χ0v) is 15.6. The van der Waals surface area contributed by atoms with Gasteiger partial charge in [0.05, 0.1) is 11.8 Å². The van der Waals surface area contributed by atoms with Gasteiger partial charge in [-0.05, 0) is 19.8 Å². The zero-order valence-electron chi connectivity index (χ0n) is 15.6. The van der Waals surface area contributed by atoms with Gasteiger partial charge < -0.3 is 10.2 Å². The molecule has 1 unspecified atom stereocenters. The van der Waals surface area contributed by atoms with E-state index >= 15 is 0 Å². The summed E-state index contributed by atoms with van der Waals surface area (Å²) in [5.41, 5.74) is -1.30. The average Bonchev–Trinajstić information content (AvgIpc) is 2.51. The van der Waals surface area contributed by atoms with Crippen molar-refractivity contribution in [3.05, 3.63) is 12.2 Å². The number of carboxylic acids is 2. The Morgan fingerprint density at radius 1 is 0.833 bits per heavy atom. The standard InChI is InChI=1S/C20H36O4/c1-3-4-5-6-7-8-9-10-11-12-13-14-15-16-20(2,19(23)24)17-18(21)22/h15-16H,3-14,17H2,1-2H3,(H,21,22)(H,23,24). The summed E-state index contributed by atoms with van der Waals surface area (Å²) in [6.07, 6.45) is 17.9. The predicted molar refractivity (Wildman–Crippen MR) is 98.2 cm³/mol. The van der Waals surface area contributed by atoms with E-state index in [1.54, 1.807) is 6.08 Å². The van der Waals surface area contributed by atoms with Crippen molar-refractivity contribution in [3.8, 4) is 0 Å². The second-order valence-electron chi connectivity index (χ2n) is 7.02. The highest BCUT2D eigenvalue weighted by Gasteiger charge is 2.32. The lowest BCUT2D eigenvalue weighted by Crippen LogP contribution is -2.28. The number of carboxylic acid groups (broad SMARTS) is 2. The quantitative estimate of drug-likeness (QED) is 0.275. The van der Waals surface area contributed by atoms with Gasteiger partial charge in [-0.2, -0.15) is 0 Å². The summed E-state index contributed by atoms with van der Waals surface area (Å²) in [6.45, 7) is 3.70. The third kappa shape index (κ3) is 12.1. The molecule has 140 valence electrons. The Kier molecular flexibility index (Phi) is 13.3. The van der Waals surface area contributed by atoms with Crippen LogP contribution in [0, 0.1) is 5.41 Å². The summed E-state index contributed by atoms with van der Waals surface area (Å²) in [6, 6.07) is 0. The first kappa shape index (κ1) is 22.7. The Bertz CT molecular complexity index is 376. The number of hydrogen-bond donors (Lipinski definition) is 2. The molecule has 0 heterocycles. The van der Waals surface area contributed by atoms with Crippen molar-refractivity contribution >= 4 is 11.9 Å². The highest BCUT2D eigenvalue weighted by Crippen LogP contribution is 2.24. The fourth-order valence-corrected chi connectivity index (χ4v) is 2.79. The van der Waals surface area contributed by atoms with Crippen molar-refractivity contribution < 1.29 is 19.8 Å². The van der Waals surface area contributed by atoms with Crippen LogP contribution in [0.15, 0.2) is 12.2 Å². The third-order valence-electron chi connectivity index (χ3n) is 4.47. The Morgan fingerprint density at radius 3 is 1.71 bits per heavy atom. The minimum absolute atomic E-state index is 0.378. The van der Waals surface area contributed by atoms with Gasteiger partial charge in [0.2, 0.25) is 0 Å². The summed E-state index contributed by atoms with van der Waals surface area (Å²) in [5.74, 6) is -2.17. The van der Waals surface area contributed by atoms with Crippen LogP contribution in [0.5, 0.6) is 0 Å². The van der Waals surface area contributed by atoms with Gasteiger partial charge in [-0.15, -0.1) is 0 Å². The molecular weight excluding hydrogens is 304 g/mol. The van der Waals surface area contributed by atoms with Crippen LogP contribution in [0.4, 0.5) is 0 Å². The molecule has 1 atom stereocenters. The van der Waals surface area contributed by atoms with Crippen LogP contribution in [0.1, 0.15) is 97.3 Å². The van der Waals surface area contributed by atoms with E-state index in [1.165, 1.54) is 64.7 Å². The zero-order chi connectivity index (χ0) is 18.3. The van der Waals surface area contributed by atoms with E-state index in [9.17, 15) is 9.59 Å². The summed E-state index contributed by atoms with van der Waals surface area (Å²) in [5, 5.41) is 18.0. The van der Waals surface area contributed by atoms with Gasteiger partial charge in [-0.3, -0.25) is 9.59 Å². The molecule has 0 aromatic rings. The molecular formula is C20H36O4. The minimum atomic E-state index is -1.30. The van der Waals surface area contributed by atoms with Gasteiger partial charge in [0.1, 0.15) is 0 Å². The van der Waals surface area contributed by atoms with Crippen LogP contribution in [0.3, 0.4) is 0 Å². The molecule has 0 aliphatic carbocycles. The molecule has 0 spiro atoms. The van der Waals surface area contributed by atoms with Gasteiger partial charge in [-0.25, -0.2) is 0 Å². The number of carbonyl (C=O) groups is 2. The largest absolute Gasteiger partial charge is 0.481 e. The van der Waals surface area contributed by atoms with Gasteiger partial charge in [-0.1, -0.05) is 83.3 Å². The topological polar surface area (TPSA) is 74.6 Å². The number of rotatable bonds is 16. The molecule has 0 aromatic heterocycles. The summed E-state index contributed by atoms with van der Waals surface area (Å²) in [4.78, 5) is 21.9. The van der Waals surface area contributed by atoms with E-state index in [0.29, 0.717) is 0 Å². The van der Waals surface area contributed by atoms with Crippen LogP contribution >= 0.6 is 0 Å². The maximum atomic E-state index is 11.2. The molecule has 0 radical (unpaired) electrons. The number of hydrogen-bond acceptors (Lipinski definition) is 2. The van der Waals surface area contributed by atoms with Crippen molar-refractivity contribution in [2.75, 3.05) is 0 Å². The number of aliphatic carboxylic acids is 2. The molecule has 0 aliphatic heterocycles. The minimum Gasteiger partial charge on any atom is -0.481 e. The first-order valence-electron chi connectivity index (χ1n) is 9.55. The lowest BCUT2D eigenvalue weighted by molar-refractivity contribution is -0.151. The van der Waals surface area contributed by atoms with E-state index in [1.807, 2.05) is 6.08 Å². The fraction of sp³-hybridized carbons (Fsp3) is 0.800. The highest BCUT2D eigenvalue weighted by atomic mass is 16.4. The Hall–Kier alpha value is -1.32. The van der Waals surface area contributed by atoms with Crippen LogP contribution in [0.25, 0.3) is 0 Å². The lowest BCUT2D eigenvalue weighted by Gasteiger charge is -2.17. The SMILES string of the molecule is CCCCCCCCCCCCCC=CC(C)(CC(=O)O)C(=O)O. The molecule has 2 N–H and O–H groups in total. The van der Waals surface area contributed by atoms with Gasteiger partial charge in [0.15, 0.2) is 0 Å². The first-order chi connectivity index (χ1) is 11.4. The normalized spacial score (nSPS) is 13.9. The molecule has 0 fully saturated rings. The van der Waals surface area contributed by atoms with Gasteiger partial charge >= 0.3 is 11.9 Å². The van der Waals surface area contributed by atoms with Crippen LogP contribution < -0.4 is 0 Å². The van der Waals surface area contributed by atoms with Crippen LogP contribution in [-0.4, -0.2) is 22.2 Å². The maximum absolute atomic E-state index is 11.2. The smallest absolute Gasteiger partial charge is 0.313 e. The first-order valence-corrected chi connectivity index (χ1v) is 9.55. The molecule has 0 bridgehead atoms. The fourth-order valence-electron chi connectivity index (χ4n) is 2.79. The van der Waals surface area contributed by atoms with Crippen molar-refractivity contribution in [1.82, 2.24) is 0 Å². The number of unbranched alkanes of at least 4 members (excludes halogenated alkanes) is 11. The predicted octanol–water partition coefficient (Wildman–Crippen LogP) is 5.81. The Labute approximate surface area is 147 Å². The Morgan fingerprint density at radius 2 is 1.29 bits per heavy atom. The van der Waals surface area contributed by atoms with E-state index in [2.05, 4.69) is 6.92 Å². The number of allylic oxidation sites excluding steroid dienone is 1. The van der Waals surface area contributed by atoms with Crippen LogP contribution in [0.2, 0.25) is 0 Å². The van der Waals surface area contributed by atoms with E-state index < -0.39 is 17.4 Å². The summed E-state index contributed by atoms with van der Waals surface area (Å²) in [7, 11) is 0. The van der Waals surface area contributed by atoms with Crippen molar-refractivity contribution in [3.63, 3.8) is 0 Å².